The molecule has 0 N–H and O–H groups in total. The quantitative estimate of drug-likeness (QED) is 0.463. The summed E-state index contributed by atoms with van der Waals surface area (Å²) in [6.07, 6.45) is 5.10. The van der Waals surface area contributed by atoms with Gasteiger partial charge in [0.15, 0.2) is 5.78 Å². The van der Waals surface area contributed by atoms with Gasteiger partial charge < -0.3 is 4.74 Å². The maximum atomic E-state index is 12.2. The highest BCUT2D eigenvalue weighted by molar-refractivity contribution is 5.96. The van der Waals surface area contributed by atoms with Crippen molar-refractivity contribution in [3.05, 3.63) is 60.2 Å². The Kier molecular flexibility index (Phi) is 6.01. The van der Waals surface area contributed by atoms with Gasteiger partial charge in [0.2, 0.25) is 0 Å². The summed E-state index contributed by atoms with van der Waals surface area (Å²) in [5.74, 6) is 1.69. The SMILES string of the molecule is CCCCCCC(=O)c1cccc(Oc2ccccc2)c1. The molecule has 0 atom stereocenters. The van der Waals surface area contributed by atoms with Crippen molar-refractivity contribution in [2.75, 3.05) is 0 Å². The van der Waals surface area contributed by atoms with Gasteiger partial charge in [-0.05, 0) is 30.7 Å². The van der Waals surface area contributed by atoms with E-state index in [1.165, 1.54) is 12.8 Å². The van der Waals surface area contributed by atoms with Gasteiger partial charge in [0.1, 0.15) is 11.5 Å². The minimum atomic E-state index is 0.199. The van der Waals surface area contributed by atoms with Crippen LogP contribution in [0.2, 0.25) is 0 Å². The first-order chi connectivity index (χ1) is 10.3. The van der Waals surface area contributed by atoms with E-state index in [2.05, 4.69) is 6.92 Å². The number of ketones is 1. The molecule has 0 fully saturated rings. The minimum Gasteiger partial charge on any atom is -0.457 e. The third kappa shape index (κ3) is 5.07. The van der Waals surface area contributed by atoms with Crippen LogP contribution in [0.4, 0.5) is 0 Å². The summed E-state index contributed by atoms with van der Waals surface area (Å²) in [5, 5.41) is 0. The first-order valence-corrected chi connectivity index (χ1v) is 7.66. The Morgan fingerprint density at radius 2 is 1.67 bits per heavy atom. The highest BCUT2D eigenvalue weighted by atomic mass is 16.5. The summed E-state index contributed by atoms with van der Waals surface area (Å²) in [6, 6.07) is 17.0. The Hall–Kier alpha value is -2.09. The van der Waals surface area contributed by atoms with Crippen LogP contribution >= 0.6 is 0 Å². The van der Waals surface area contributed by atoms with Crippen LogP contribution in [0.5, 0.6) is 11.5 Å². The predicted octanol–water partition coefficient (Wildman–Crippen LogP) is 5.63. The summed E-state index contributed by atoms with van der Waals surface area (Å²) >= 11 is 0. The van der Waals surface area contributed by atoms with Crippen molar-refractivity contribution in [3.8, 4) is 11.5 Å². The van der Waals surface area contributed by atoms with Crippen molar-refractivity contribution < 1.29 is 9.53 Å². The number of carbonyl (C=O) groups is 1. The number of hydrogen-bond donors (Lipinski definition) is 0. The molecule has 0 bridgehead atoms. The lowest BCUT2D eigenvalue weighted by Gasteiger charge is -2.07. The molecule has 2 heteroatoms. The summed E-state index contributed by atoms with van der Waals surface area (Å²) < 4.78 is 5.76. The second kappa shape index (κ2) is 8.25. The summed E-state index contributed by atoms with van der Waals surface area (Å²) in [7, 11) is 0. The zero-order valence-corrected chi connectivity index (χ0v) is 12.5. The molecule has 2 aromatic carbocycles. The van der Waals surface area contributed by atoms with Crippen LogP contribution in [0, 0.1) is 0 Å². The fraction of sp³-hybridized carbons (Fsp3) is 0.316. The number of ether oxygens (including phenoxy) is 1. The Balaban J connectivity index is 1.95. The Morgan fingerprint density at radius 3 is 2.43 bits per heavy atom. The van der Waals surface area contributed by atoms with Crippen molar-refractivity contribution in [3.63, 3.8) is 0 Å². The largest absolute Gasteiger partial charge is 0.457 e. The number of hydrogen-bond acceptors (Lipinski definition) is 2. The molecule has 0 saturated heterocycles. The molecule has 2 nitrogen and oxygen atoms in total. The van der Waals surface area contributed by atoms with Crippen LogP contribution in [0.15, 0.2) is 54.6 Å². The molecule has 21 heavy (non-hydrogen) atoms. The van der Waals surface area contributed by atoms with Crippen LogP contribution in [-0.4, -0.2) is 5.78 Å². The average Bonchev–Trinajstić information content (AvgIpc) is 2.53. The topological polar surface area (TPSA) is 26.3 Å². The van der Waals surface area contributed by atoms with Gasteiger partial charge in [0.25, 0.3) is 0 Å². The standard InChI is InChI=1S/C19H22O2/c1-2-3-4-8-14-19(20)16-10-9-13-18(15-16)21-17-11-6-5-7-12-17/h5-7,9-13,15H,2-4,8,14H2,1H3. The molecular weight excluding hydrogens is 260 g/mol. The van der Waals surface area contributed by atoms with Crippen molar-refractivity contribution in [1.82, 2.24) is 0 Å². The maximum absolute atomic E-state index is 12.2. The number of para-hydroxylation sites is 1. The Morgan fingerprint density at radius 1 is 0.905 bits per heavy atom. The molecule has 0 saturated carbocycles. The molecule has 0 unspecified atom stereocenters. The molecule has 0 radical (unpaired) electrons. The highest BCUT2D eigenvalue weighted by Crippen LogP contribution is 2.22. The lowest BCUT2D eigenvalue weighted by Crippen LogP contribution is -1.99. The summed E-state index contributed by atoms with van der Waals surface area (Å²) in [4.78, 5) is 12.2. The first kappa shape index (κ1) is 15.3. The molecule has 2 aromatic rings. The first-order valence-electron chi connectivity index (χ1n) is 7.66. The second-order valence-corrected chi connectivity index (χ2v) is 5.18. The molecule has 0 aliphatic rings. The molecule has 110 valence electrons. The molecule has 2 rings (SSSR count). The third-order valence-electron chi connectivity index (χ3n) is 3.39. The minimum absolute atomic E-state index is 0.199. The third-order valence-corrected chi connectivity index (χ3v) is 3.39. The van der Waals surface area contributed by atoms with Crippen LogP contribution in [0.1, 0.15) is 49.4 Å². The molecule has 0 spiro atoms. The van der Waals surface area contributed by atoms with Crippen molar-refractivity contribution >= 4 is 5.78 Å². The van der Waals surface area contributed by atoms with Crippen LogP contribution < -0.4 is 4.74 Å². The monoisotopic (exact) mass is 282 g/mol. The molecule has 0 amide bonds. The zero-order valence-electron chi connectivity index (χ0n) is 12.5. The Bertz CT molecular complexity index is 561. The molecule has 0 heterocycles. The Labute approximate surface area is 126 Å². The molecular formula is C19H22O2. The number of Topliss-reactive ketones (excluding diaryl/α,β-unsaturated/α-hetero) is 1. The number of benzene rings is 2. The van der Waals surface area contributed by atoms with Gasteiger partial charge in [0, 0.05) is 12.0 Å². The van der Waals surface area contributed by atoms with E-state index in [1.54, 1.807) is 0 Å². The van der Waals surface area contributed by atoms with Gasteiger partial charge in [-0.3, -0.25) is 4.79 Å². The van der Waals surface area contributed by atoms with Crippen molar-refractivity contribution in [2.45, 2.75) is 39.0 Å². The fourth-order valence-electron chi connectivity index (χ4n) is 2.21. The van der Waals surface area contributed by atoms with Gasteiger partial charge in [-0.25, -0.2) is 0 Å². The fourth-order valence-corrected chi connectivity index (χ4v) is 2.21. The highest BCUT2D eigenvalue weighted by Gasteiger charge is 2.07. The summed E-state index contributed by atoms with van der Waals surface area (Å²) in [6.45, 7) is 2.17. The van der Waals surface area contributed by atoms with E-state index in [0.717, 1.165) is 24.2 Å². The van der Waals surface area contributed by atoms with Crippen LogP contribution in [-0.2, 0) is 0 Å². The molecule has 0 aliphatic heterocycles. The number of unbranched alkanes of at least 4 members (excludes halogenated alkanes) is 3. The normalized spacial score (nSPS) is 10.3. The predicted molar refractivity (Wildman–Crippen MR) is 86.0 cm³/mol. The van der Waals surface area contributed by atoms with Crippen molar-refractivity contribution in [1.29, 1.82) is 0 Å². The molecule has 0 aromatic heterocycles. The summed E-state index contributed by atoms with van der Waals surface area (Å²) in [5.41, 5.74) is 0.736. The van der Waals surface area contributed by atoms with Gasteiger partial charge in [-0.15, -0.1) is 0 Å². The smallest absolute Gasteiger partial charge is 0.163 e. The van der Waals surface area contributed by atoms with Gasteiger partial charge in [-0.1, -0.05) is 56.5 Å². The van der Waals surface area contributed by atoms with Crippen LogP contribution in [0.3, 0.4) is 0 Å². The number of carbonyl (C=O) groups excluding carboxylic acids is 1. The maximum Gasteiger partial charge on any atom is 0.163 e. The van der Waals surface area contributed by atoms with E-state index in [4.69, 9.17) is 4.74 Å². The van der Waals surface area contributed by atoms with E-state index in [1.807, 2.05) is 54.6 Å². The average molecular weight is 282 g/mol. The molecule has 0 aliphatic carbocycles. The van der Waals surface area contributed by atoms with E-state index in [9.17, 15) is 4.79 Å². The van der Waals surface area contributed by atoms with E-state index >= 15 is 0 Å². The van der Waals surface area contributed by atoms with E-state index < -0.39 is 0 Å². The van der Waals surface area contributed by atoms with Crippen LogP contribution in [0.25, 0.3) is 0 Å². The van der Waals surface area contributed by atoms with Gasteiger partial charge in [-0.2, -0.15) is 0 Å². The van der Waals surface area contributed by atoms with E-state index in [0.29, 0.717) is 12.2 Å². The zero-order chi connectivity index (χ0) is 14.9. The lowest BCUT2D eigenvalue weighted by molar-refractivity contribution is 0.0979. The lowest BCUT2D eigenvalue weighted by atomic mass is 10.0. The van der Waals surface area contributed by atoms with E-state index in [-0.39, 0.29) is 5.78 Å². The van der Waals surface area contributed by atoms with Crippen molar-refractivity contribution in [2.24, 2.45) is 0 Å². The second-order valence-electron chi connectivity index (χ2n) is 5.18. The van der Waals surface area contributed by atoms with Gasteiger partial charge >= 0.3 is 0 Å². The number of rotatable bonds is 8. The van der Waals surface area contributed by atoms with Gasteiger partial charge in [0.05, 0.1) is 0 Å².